The standard InChI is InChI=1S/C20H36BI/c1-6-7-9-14-19(22)21(20(4,5)17(2)3)16-15-18-12-10-8-11-13-18/h14-18H,6-13H2,1-5H3/b16-15+,19-14-. The van der Waals surface area contributed by atoms with E-state index in [1.807, 2.05) is 0 Å². The van der Waals surface area contributed by atoms with Crippen LogP contribution in [0.3, 0.4) is 0 Å². The van der Waals surface area contributed by atoms with Gasteiger partial charge in [-0.3, -0.25) is 0 Å². The monoisotopic (exact) mass is 414 g/mol. The number of hydrogen-bond donors (Lipinski definition) is 0. The largest absolute Gasteiger partial charge is 0.214 e. The van der Waals surface area contributed by atoms with Gasteiger partial charge in [0.05, 0.1) is 0 Å². The molecule has 0 aromatic rings. The van der Waals surface area contributed by atoms with Gasteiger partial charge >= 0.3 is 0 Å². The zero-order chi connectivity index (χ0) is 16.6. The van der Waals surface area contributed by atoms with Crippen LogP contribution in [0.4, 0.5) is 0 Å². The summed E-state index contributed by atoms with van der Waals surface area (Å²) < 4.78 is 1.55. The molecule has 0 radical (unpaired) electrons. The molecule has 0 atom stereocenters. The maximum absolute atomic E-state index is 2.61. The molecule has 1 saturated carbocycles. The first-order valence-electron chi connectivity index (χ1n) is 9.43. The summed E-state index contributed by atoms with van der Waals surface area (Å²) in [4.78, 5) is 0. The molecule has 0 aliphatic heterocycles. The third-order valence-electron chi connectivity index (χ3n) is 5.71. The van der Waals surface area contributed by atoms with Crippen LogP contribution in [-0.2, 0) is 0 Å². The van der Waals surface area contributed by atoms with Crippen LogP contribution in [0.25, 0.3) is 0 Å². The first kappa shape index (κ1) is 20.3. The van der Waals surface area contributed by atoms with Gasteiger partial charge in [0, 0.05) is 0 Å². The highest BCUT2D eigenvalue weighted by atomic mass is 127. The summed E-state index contributed by atoms with van der Waals surface area (Å²) in [7, 11) is 0. The SMILES string of the molecule is CCCC/C=C(\I)B(/C=C/C1CCCCC1)C(C)(C)C(C)C. The second kappa shape index (κ2) is 10.2. The molecule has 1 aliphatic carbocycles. The lowest BCUT2D eigenvalue weighted by Crippen LogP contribution is -2.31. The van der Waals surface area contributed by atoms with E-state index in [2.05, 4.69) is 75.3 Å². The molecule has 0 saturated heterocycles. The molecule has 0 N–H and O–H groups in total. The summed E-state index contributed by atoms with van der Waals surface area (Å²) in [6.45, 7) is 12.5. The fraction of sp³-hybridized carbons (Fsp3) is 0.800. The Hall–Kier alpha value is 0.275. The number of hydrogen-bond acceptors (Lipinski definition) is 0. The molecule has 0 aromatic carbocycles. The molecule has 0 amide bonds. The first-order valence-corrected chi connectivity index (χ1v) is 10.5. The Morgan fingerprint density at radius 3 is 2.41 bits per heavy atom. The zero-order valence-corrected chi connectivity index (χ0v) is 17.7. The molecule has 22 heavy (non-hydrogen) atoms. The van der Waals surface area contributed by atoms with Crippen LogP contribution in [0.15, 0.2) is 21.6 Å². The van der Waals surface area contributed by atoms with Crippen LogP contribution >= 0.6 is 22.6 Å². The second-order valence-corrected chi connectivity index (χ2v) is 9.21. The van der Waals surface area contributed by atoms with Gasteiger partial charge in [0.1, 0.15) is 0 Å². The Bertz CT molecular complexity index is 362. The zero-order valence-electron chi connectivity index (χ0n) is 15.5. The molecule has 1 aliphatic rings. The minimum atomic E-state index is 0.324. The molecule has 0 bridgehead atoms. The third kappa shape index (κ3) is 6.41. The van der Waals surface area contributed by atoms with E-state index < -0.39 is 0 Å². The number of halogens is 1. The first-order chi connectivity index (χ1) is 10.4. The molecule has 1 fully saturated rings. The molecule has 126 valence electrons. The number of allylic oxidation sites excluding steroid dienone is 2. The van der Waals surface area contributed by atoms with Crippen molar-refractivity contribution in [1.82, 2.24) is 0 Å². The van der Waals surface area contributed by atoms with Crippen LogP contribution in [0.2, 0.25) is 5.31 Å². The average molecular weight is 414 g/mol. The average Bonchev–Trinajstić information content (AvgIpc) is 2.48. The van der Waals surface area contributed by atoms with Crippen molar-refractivity contribution in [3.05, 3.63) is 21.6 Å². The van der Waals surface area contributed by atoms with Gasteiger partial charge in [-0.2, -0.15) is 0 Å². The Kier molecular flexibility index (Phi) is 9.43. The van der Waals surface area contributed by atoms with Gasteiger partial charge < -0.3 is 0 Å². The fourth-order valence-electron chi connectivity index (χ4n) is 3.22. The molecule has 1 rings (SSSR count). The Morgan fingerprint density at radius 1 is 1.23 bits per heavy atom. The van der Waals surface area contributed by atoms with E-state index in [9.17, 15) is 0 Å². The minimum absolute atomic E-state index is 0.324. The van der Waals surface area contributed by atoms with Gasteiger partial charge in [0.25, 0.3) is 0 Å². The van der Waals surface area contributed by atoms with Gasteiger partial charge in [-0.1, -0.05) is 101 Å². The van der Waals surface area contributed by atoms with Gasteiger partial charge in [-0.25, -0.2) is 0 Å². The van der Waals surface area contributed by atoms with E-state index in [0.717, 1.165) is 5.92 Å². The quantitative estimate of drug-likeness (QED) is 0.218. The normalized spacial score (nSPS) is 18.4. The highest BCUT2D eigenvalue weighted by Crippen LogP contribution is 2.42. The fourth-order valence-corrected chi connectivity index (χ4v) is 4.54. The molecule has 0 unspecified atom stereocenters. The van der Waals surface area contributed by atoms with Crippen LogP contribution < -0.4 is 0 Å². The van der Waals surface area contributed by atoms with Crippen LogP contribution in [0, 0.1) is 11.8 Å². The summed E-state index contributed by atoms with van der Waals surface area (Å²) in [5, 5.41) is 0.324. The Morgan fingerprint density at radius 2 is 1.86 bits per heavy atom. The highest BCUT2D eigenvalue weighted by Gasteiger charge is 2.35. The maximum Gasteiger partial charge on any atom is 0.214 e. The summed E-state index contributed by atoms with van der Waals surface area (Å²) in [5.41, 5.74) is 0. The van der Waals surface area contributed by atoms with E-state index in [4.69, 9.17) is 0 Å². The lowest BCUT2D eigenvalue weighted by atomic mass is 9.31. The molecular formula is C20H36BI. The van der Waals surface area contributed by atoms with Crippen molar-refractivity contribution in [3.63, 3.8) is 0 Å². The van der Waals surface area contributed by atoms with E-state index in [1.165, 1.54) is 51.4 Å². The van der Waals surface area contributed by atoms with Crippen LogP contribution in [0.5, 0.6) is 0 Å². The smallest absolute Gasteiger partial charge is 0.113 e. The molecule has 0 nitrogen and oxygen atoms in total. The van der Waals surface area contributed by atoms with Crippen molar-refractivity contribution in [2.24, 2.45) is 11.8 Å². The van der Waals surface area contributed by atoms with Gasteiger partial charge in [0.15, 0.2) is 0 Å². The van der Waals surface area contributed by atoms with Crippen LogP contribution in [-0.4, -0.2) is 6.71 Å². The van der Waals surface area contributed by atoms with Gasteiger partial charge in [0.2, 0.25) is 6.71 Å². The Labute approximate surface area is 153 Å². The number of unbranched alkanes of at least 4 members (excludes halogenated alkanes) is 2. The maximum atomic E-state index is 2.61. The van der Waals surface area contributed by atoms with Crippen molar-refractivity contribution in [2.75, 3.05) is 0 Å². The molecule has 0 heterocycles. The predicted molar refractivity (Wildman–Crippen MR) is 112 cm³/mol. The summed E-state index contributed by atoms with van der Waals surface area (Å²) in [6, 6.07) is 0. The van der Waals surface area contributed by atoms with Crippen molar-refractivity contribution >= 4 is 29.3 Å². The van der Waals surface area contributed by atoms with Gasteiger partial charge in [-0.15, -0.1) is 5.98 Å². The van der Waals surface area contributed by atoms with E-state index >= 15 is 0 Å². The lowest BCUT2D eigenvalue weighted by molar-refractivity contribution is 0.419. The third-order valence-corrected chi connectivity index (χ3v) is 6.82. The van der Waals surface area contributed by atoms with Crippen molar-refractivity contribution < 1.29 is 0 Å². The van der Waals surface area contributed by atoms with Crippen molar-refractivity contribution in [1.29, 1.82) is 0 Å². The van der Waals surface area contributed by atoms with E-state index in [-0.39, 0.29) is 0 Å². The lowest BCUT2D eigenvalue weighted by Gasteiger charge is -2.35. The summed E-state index contributed by atoms with van der Waals surface area (Å²) in [6.07, 6.45) is 16.0. The molecular weight excluding hydrogens is 378 g/mol. The van der Waals surface area contributed by atoms with Crippen molar-refractivity contribution in [3.8, 4) is 0 Å². The Balaban J connectivity index is 2.85. The topological polar surface area (TPSA) is 0 Å². The molecule has 2 heteroatoms. The predicted octanol–water partition coefficient (Wildman–Crippen LogP) is 7.64. The number of rotatable bonds is 8. The highest BCUT2D eigenvalue weighted by molar-refractivity contribution is 14.1. The summed E-state index contributed by atoms with van der Waals surface area (Å²) in [5.74, 6) is 4.08. The molecule has 0 aromatic heterocycles. The molecule has 0 spiro atoms. The second-order valence-electron chi connectivity index (χ2n) is 7.97. The van der Waals surface area contributed by atoms with E-state index in [0.29, 0.717) is 17.9 Å². The van der Waals surface area contributed by atoms with Gasteiger partial charge in [-0.05, 0) is 39.9 Å². The van der Waals surface area contributed by atoms with Crippen LogP contribution in [0.1, 0.15) is 86.0 Å². The minimum Gasteiger partial charge on any atom is -0.113 e. The van der Waals surface area contributed by atoms with Crippen molar-refractivity contribution in [2.45, 2.75) is 91.3 Å². The van der Waals surface area contributed by atoms with E-state index in [1.54, 1.807) is 3.48 Å². The summed E-state index contributed by atoms with van der Waals surface area (Å²) >= 11 is 2.61.